The fourth-order valence-corrected chi connectivity index (χ4v) is 5.46. The number of rotatable bonds is 5. The summed E-state index contributed by atoms with van der Waals surface area (Å²) >= 11 is 1.30. The van der Waals surface area contributed by atoms with Gasteiger partial charge in [0.05, 0.1) is 11.4 Å². The first kappa shape index (κ1) is 23.2. The summed E-state index contributed by atoms with van der Waals surface area (Å²) in [6.07, 6.45) is 0.215. The predicted octanol–water partition coefficient (Wildman–Crippen LogP) is 5.29. The van der Waals surface area contributed by atoms with E-state index in [-0.39, 0.29) is 24.1 Å². The summed E-state index contributed by atoms with van der Waals surface area (Å²) in [6, 6.07) is 22.1. The van der Waals surface area contributed by atoms with Crippen LogP contribution in [0.5, 0.6) is 0 Å². The number of H-pyrrole nitrogens is 1. The van der Waals surface area contributed by atoms with Gasteiger partial charge in [-0.15, -0.1) is 0 Å². The van der Waals surface area contributed by atoms with Gasteiger partial charge in [-0.25, -0.2) is 4.39 Å². The largest absolute Gasteiger partial charge is 0.349 e. The molecule has 1 fully saturated rings. The van der Waals surface area contributed by atoms with Gasteiger partial charge >= 0.3 is 0 Å². The summed E-state index contributed by atoms with van der Waals surface area (Å²) in [5, 5.41) is 1.74. The maximum absolute atomic E-state index is 14.3. The Bertz CT molecular complexity index is 1390. The first-order chi connectivity index (χ1) is 17.0. The molecule has 3 aromatic carbocycles. The molecule has 1 aromatic heterocycles. The maximum atomic E-state index is 14.3. The van der Waals surface area contributed by atoms with Gasteiger partial charge in [-0.05, 0) is 37.3 Å². The third kappa shape index (κ3) is 4.95. The van der Waals surface area contributed by atoms with Crippen molar-refractivity contribution in [3.8, 4) is 0 Å². The molecule has 0 saturated carbocycles. The number of nitrogens with one attached hydrogen (secondary N) is 1. The van der Waals surface area contributed by atoms with E-state index in [0.717, 1.165) is 27.1 Å². The number of nitrogens with zero attached hydrogens (tertiary/aromatic N) is 2. The molecule has 2 amide bonds. The van der Waals surface area contributed by atoms with Crippen molar-refractivity contribution in [2.45, 2.75) is 23.3 Å². The van der Waals surface area contributed by atoms with E-state index in [9.17, 15) is 14.0 Å². The Hall–Kier alpha value is -3.58. The Morgan fingerprint density at radius 1 is 0.914 bits per heavy atom. The van der Waals surface area contributed by atoms with Gasteiger partial charge in [-0.1, -0.05) is 59.8 Å². The van der Waals surface area contributed by atoms with Gasteiger partial charge in [0.2, 0.25) is 5.91 Å². The number of hydrogen-bond donors (Lipinski definition) is 1. The zero-order valence-corrected chi connectivity index (χ0v) is 20.3. The lowest BCUT2D eigenvalue weighted by atomic mass is 10.1. The second-order valence-electron chi connectivity index (χ2n) is 8.73. The molecule has 0 unspecified atom stereocenters. The van der Waals surface area contributed by atoms with Crippen molar-refractivity contribution in [2.75, 3.05) is 26.2 Å². The summed E-state index contributed by atoms with van der Waals surface area (Å²) in [5.74, 6) is -0.281. The van der Waals surface area contributed by atoms with Crippen LogP contribution in [-0.4, -0.2) is 52.8 Å². The number of amides is 2. The number of fused-ring (bicyclic) bond motifs is 1. The average molecular weight is 488 g/mol. The van der Waals surface area contributed by atoms with Crippen LogP contribution < -0.4 is 0 Å². The molecule has 2 heterocycles. The monoisotopic (exact) mass is 487 g/mol. The van der Waals surface area contributed by atoms with E-state index in [1.165, 1.54) is 17.8 Å². The fraction of sp³-hybridized carbons (Fsp3) is 0.214. The summed E-state index contributed by atoms with van der Waals surface area (Å²) < 4.78 is 14.3. The first-order valence-corrected chi connectivity index (χ1v) is 12.5. The number of para-hydroxylation sites is 1. The van der Waals surface area contributed by atoms with Crippen molar-refractivity contribution >= 4 is 34.5 Å². The van der Waals surface area contributed by atoms with Gasteiger partial charge in [-0.2, -0.15) is 0 Å². The zero-order valence-electron chi connectivity index (χ0n) is 19.5. The van der Waals surface area contributed by atoms with Crippen molar-refractivity contribution in [1.29, 1.82) is 0 Å². The lowest BCUT2D eigenvalue weighted by molar-refractivity contribution is -0.131. The Kier molecular flexibility index (Phi) is 6.59. The number of carbonyl (C=O) groups excluding carboxylic acids is 2. The summed E-state index contributed by atoms with van der Waals surface area (Å²) in [6.45, 7) is 3.96. The van der Waals surface area contributed by atoms with E-state index in [0.29, 0.717) is 36.6 Å². The van der Waals surface area contributed by atoms with Gasteiger partial charge in [0.1, 0.15) is 5.82 Å². The highest BCUT2D eigenvalue weighted by Crippen LogP contribution is 2.36. The highest BCUT2D eigenvalue weighted by Gasteiger charge is 2.26. The second kappa shape index (κ2) is 9.96. The normalized spacial score (nSPS) is 13.9. The average Bonchev–Trinajstić information content (AvgIpc) is 3.22. The molecule has 0 atom stereocenters. The minimum atomic E-state index is -0.289. The molecule has 1 aliphatic heterocycles. The molecule has 35 heavy (non-hydrogen) atoms. The number of carbonyl (C=O) groups is 2. The number of hydrogen-bond acceptors (Lipinski definition) is 3. The molecule has 0 radical (unpaired) electrons. The van der Waals surface area contributed by atoms with Crippen LogP contribution >= 0.6 is 11.8 Å². The van der Waals surface area contributed by atoms with Gasteiger partial charge in [-0.3, -0.25) is 9.59 Å². The second-order valence-corrected chi connectivity index (χ2v) is 9.78. The highest BCUT2D eigenvalue weighted by atomic mass is 32.2. The van der Waals surface area contributed by atoms with Crippen molar-refractivity contribution in [1.82, 2.24) is 14.8 Å². The summed E-state index contributed by atoms with van der Waals surface area (Å²) in [5.41, 5.74) is 3.52. The van der Waals surface area contributed by atoms with Gasteiger partial charge in [0.15, 0.2) is 0 Å². The van der Waals surface area contributed by atoms with E-state index >= 15 is 0 Å². The highest BCUT2D eigenvalue weighted by molar-refractivity contribution is 7.99. The van der Waals surface area contributed by atoms with E-state index in [1.807, 2.05) is 65.3 Å². The third-order valence-corrected chi connectivity index (χ3v) is 7.44. The number of aromatic nitrogens is 1. The number of aryl methyl sites for hydroxylation is 1. The van der Waals surface area contributed by atoms with Crippen LogP contribution in [0.3, 0.4) is 0 Å². The molecule has 7 heteroatoms. The van der Waals surface area contributed by atoms with Crippen molar-refractivity contribution < 1.29 is 14.0 Å². The standard InChI is InChI=1S/C28H26FN3O2S/c1-19-7-6-8-20(17-19)28(34)32-15-13-31(14-16-32)26(33)18-22-21-9-2-4-11-24(21)30-27(22)35-25-12-5-3-10-23(25)29/h2-12,17,30H,13-16,18H2,1H3. The van der Waals surface area contributed by atoms with Crippen LogP contribution in [-0.2, 0) is 11.2 Å². The van der Waals surface area contributed by atoms with Crippen molar-refractivity contribution in [3.05, 3.63) is 95.3 Å². The summed E-state index contributed by atoms with van der Waals surface area (Å²) in [4.78, 5) is 33.7. The molecule has 1 saturated heterocycles. The topological polar surface area (TPSA) is 56.4 Å². The van der Waals surface area contributed by atoms with E-state index in [4.69, 9.17) is 0 Å². The smallest absolute Gasteiger partial charge is 0.253 e. The minimum absolute atomic E-state index is 0.000927. The van der Waals surface area contributed by atoms with Gasteiger partial charge in [0, 0.05) is 53.1 Å². The van der Waals surface area contributed by atoms with E-state index in [2.05, 4.69) is 4.98 Å². The number of halogens is 1. The Balaban J connectivity index is 1.30. The van der Waals surface area contributed by atoms with Crippen molar-refractivity contribution in [2.24, 2.45) is 0 Å². The molecule has 0 spiro atoms. The van der Waals surface area contributed by atoms with Crippen LogP contribution in [0.1, 0.15) is 21.5 Å². The van der Waals surface area contributed by atoms with Gasteiger partial charge < -0.3 is 14.8 Å². The molecule has 0 bridgehead atoms. The first-order valence-electron chi connectivity index (χ1n) is 11.7. The molecule has 4 aromatic rings. The molecule has 5 rings (SSSR count). The van der Waals surface area contributed by atoms with Crippen molar-refractivity contribution in [3.63, 3.8) is 0 Å². The fourth-order valence-electron chi connectivity index (χ4n) is 4.46. The van der Waals surface area contributed by atoms with Crippen LogP contribution in [0.2, 0.25) is 0 Å². The molecule has 178 valence electrons. The summed E-state index contributed by atoms with van der Waals surface area (Å²) in [7, 11) is 0. The molecule has 1 N–H and O–H groups in total. The molecular formula is C28H26FN3O2S. The number of benzene rings is 3. The van der Waals surface area contributed by atoms with E-state index < -0.39 is 0 Å². The van der Waals surface area contributed by atoms with Crippen LogP contribution in [0.15, 0.2) is 82.7 Å². The molecule has 0 aliphatic carbocycles. The zero-order chi connectivity index (χ0) is 24.4. The predicted molar refractivity (Wildman–Crippen MR) is 136 cm³/mol. The SMILES string of the molecule is Cc1cccc(C(=O)N2CCN(C(=O)Cc3c(Sc4ccccc4F)[nH]c4ccccc34)CC2)c1. The molecule has 1 aliphatic rings. The van der Waals surface area contributed by atoms with Crippen LogP contribution in [0, 0.1) is 12.7 Å². The quantitative estimate of drug-likeness (QED) is 0.416. The Morgan fingerprint density at radius 3 is 2.40 bits per heavy atom. The molecule has 5 nitrogen and oxygen atoms in total. The van der Waals surface area contributed by atoms with E-state index in [1.54, 1.807) is 18.2 Å². The van der Waals surface area contributed by atoms with Crippen LogP contribution in [0.4, 0.5) is 4.39 Å². The van der Waals surface area contributed by atoms with Crippen LogP contribution in [0.25, 0.3) is 10.9 Å². The maximum Gasteiger partial charge on any atom is 0.253 e. The van der Waals surface area contributed by atoms with Gasteiger partial charge in [0.25, 0.3) is 5.91 Å². The lowest BCUT2D eigenvalue weighted by Gasteiger charge is -2.35. The Labute approximate surface area is 207 Å². The lowest BCUT2D eigenvalue weighted by Crippen LogP contribution is -2.51. The number of piperazine rings is 1. The number of aromatic amines is 1. The third-order valence-electron chi connectivity index (χ3n) is 6.34. The minimum Gasteiger partial charge on any atom is -0.349 e. The Morgan fingerprint density at radius 2 is 1.63 bits per heavy atom. The molecular weight excluding hydrogens is 461 g/mol.